The fourth-order valence-corrected chi connectivity index (χ4v) is 4.34. The van der Waals surface area contributed by atoms with Crippen LogP contribution in [0, 0.1) is 5.82 Å². The Balaban J connectivity index is 1.34. The zero-order valence-electron chi connectivity index (χ0n) is 19.0. The molecule has 7 nitrogen and oxygen atoms in total. The van der Waals surface area contributed by atoms with Crippen molar-refractivity contribution in [3.05, 3.63) is 83.2 Å². The van der Waals surface area contributed by atoms with E-state index in [0.29, 0.717) is 23.5 Å². The smallest absolute Gasteiger partial charge is 0.258 e. The number of piperazine rings is 1. The molecule has 0 unspecified atom stereocenters. The van der Waals surface area contributed by atoms with Gasteiger partial charge in [0.15, 0.2) is 5.82 Å². The van der Waals surface area contributed by atoms with Crippen LogP contribution in [0.25, 0.3) is 10.9 Å². The van der Waals surface area contributed by atoms with Crippen molar-refractivity contribution < 1.29 is 9.18 Å². The number of hydrogen-bond acceptors (Lipinski definition) is 5. The Morgan fingerprint density at radius 1 is 1.06 bits per heavy atom. The number of aromatic amines is 1. The molecule has 1 aliphatic heterocycles. The number of hydrogen-bond donors (Lipinski definition) is 3. The molecule has 1 fully saturated rings. The minimum Gasteiger partial charge on any atom is -0.398 e. The normalized spacial score (nSPS) is 14.5. The van der Waals surface area contributed by atoms with Gasteiger partial charge >= 0.3 is 0 Å². The number of carbonyl (C=O) groups excluding carboxylic acids is 1. The third kappa shape index (κ3) is 4.58. The molecule has 1 aromatic heterocycles. The molecule has 0 aliphatic carbocycles. The standard InChI is InChI=1S/C26H27FN6O/c1-32-9-11-33(12-10-32)20-6-7-21(23(28)16-20)26(34)29-25-22-15-18(5-8-24(22)30-31-25)13-17-3-2-4-19(27)14-17/h2-8,14-16H,9-13,28H2,1H3,(H2,29,30,31,34). The monoisotopic (exact) mass is 458 g/mol. The Labute approximate surface area is 197 Å². The first kappa shape index (κ1) is 21.9. The lowest BCUT2D eigenvalue weighted by Gasteiger charge is -2.34. The SMILES string of the molecule is CN1CCN(c2ccc(C(=O)Nc3n[nH]c4ccc(Cc5cccc(F)c5)cc34)c(N)c2)CC1. The summed E-state index contributed by atoms with van der Waals surface area (Å²) in [6, 6.07) is 17.9. The predicted molar refractivity (Wildman–Crippen MR) is 134 cm³/mol. The number of amides is 1. The summed E-state index contributed by atoms with van der Waals surface area (Å²) in [7, 11) is 2.11. The summed E-state index contributed by atoms with van der Waals surface area (Å²) in [5.74, 6) is -0.138. The van der Waals surface area contributed by atoms with Crippen molar-refractivity contribution in [1.29, 1.82) is 0 Å². The maximum absolute atomic E-state index is 13.5. The fraction of sp³-hybridized carbons (Fsp3) is 0.231. The number of carbonyl (C=O) groups is 1. The number of likely N-dealkylation sites (N-methyl/N-ethyl adjacent to an activating group) is 1. The van der Waals surface area contributed by atoms with Crippen LogP contribution in [0.2, 0.25) is 0 Å². The molecule has 0 spiro atoms. The molecule has 1 saturated heterocycles. The Morgan fingerprint density at radius 2 is 1.85 bits per heavy atom. The van der Waals surface area contributed by atoms with Crippen LogP contribution in [0.3, 0.4) is 0 Å². The fourth-order valence-electron chi connectivity index (χ4n) is 4.34. The molecule has 34 heavy (non-hydrogen) atoms. The summed E-state index contributed by atoms with van der Waals surface area (Å²) in [4.78, 5) is 17.6. The molecule has 0 radical (unpaired) electrons. The van der Waals surface area contributed by atoms with Gasteiger partial charge in [-0.2, -0.15) is 5.10 Å². The summed E-state index contributed by atoms with van der Waals surface area (Å²) < 4.78 is 13.5. The van der Waals surface area contributed by atoms with Crippen molar-refractivity contribution in [2.24, 2.45) is 0 Å². The summed E-state index contributed by atoms with van der Waals surface area (Å²) in [5, 5.41) is 10.9. The van der Waals surface area contributed by atoms with E-state index in [1.807, 2.05) is 36.4 Å². The first-order valence-corrected chi connectivity index (χ1v) is 11.3. The van der Waals surface area contributed by atoms with Crippen LogP contribution in [0.4, 0.5) is 21.6 Å². The zero-order valence-corrected chi connectivity index (χ0v) is 19.0. The molecule has 5 rings (SSSR count). The highest BCUT2D eigenvalue weighted by Gasteiger charge is 2.18. The largest absolute Gasteiger partial charge is 0.398 e. The first-order chi connectivity index (χ1) is 16.5. The number of nitrogens with two attached hydrogens (primary N) is 1. The van der Waals surface area contributed by atoms with Gasteiger partial charge in [0.05, 0.1) is 11.1 Å². The van der Waals surface area contributed by atoms with Crippen LogP contribution in [0.5, 0.6) is 0 Å². The highest BCUT2D eigenvalue weighted by atomic mass is 19.1. The van der Waals surface area contributed by atoms with E-state index < -0.39 is 0 Å². The van der Waals surface area contributed by atoms with Gasteiger partial charge in [0.1, 0.15) is 5.82 Å². The molecule has 0 saturated carbocycles. The lowest BCUT2D eigenvalue weighted by atomic mass is 10.0. The number of nitrogens with zero attached hydrogens (tertiary/aromatic N) is 3. The van der Waals surface area contributed by atoms with E-state index in [1.54, 1.807) is 12.1 Å². The van der Waals surface area contributed by atoms with Crippen LogP contribution in [0.1, 0.15) is 21.5 Å². The van der Waals surface area contributed by atoms with E-state index in [4.69, 9.17) is 5.73 Å². The number of aromatic nitrogens is 2. The summed E-state index contributed by atoms with van der Waals surface area (Å²) in [6.45, 7) is 3.85. The summed E-state index contributed by atoms with van der Waals surface area (Å²) in [5.41, 5.74) is 10.8. The number of nitrogen functional groups attached to an aromatic ring is 1. The van der Waals surface area contributed by atoms with Crippen molar-refractivity contribution in [2.45, 2.75) is 6.42 Å². The van der Waals surface area contributed by atoms with Gasteiger partial charge in [-0.1, -0.05) is 18.2 Å². The van der Waals surface area contributed by atoms with E-state index in [-0.39, 0.29) is 11.7 Å². The predicted octanol–water partition coefficient (Wildman–Crippen LogP) is 3.88. The van der Waals surface area contributed by atoms with E-state index in [2.05, 4.69) is 32.4 Å². The summed E-state index contributed by atoms with van der Waals surface area (Å²) >= 11 is 0. The second-order valence-corrected chi connectivity index (χ2v) is 8.77. The van der Waals surface area contributed by atoms with Crippen LogP contribution >= 0.6 is 0 Å². The number of nitrogens with one attached hydrogen (secondary N) is 2. The molecule has 8 heteroatoms. The second-order valence-electron chi connectivity index (χ2n) is 8.77. The van der Waals surface area contributed by atoms with E-state index in [0.717, 1.165) is 53.9 Å². The van der Waals surface area contributed by atoms with Gasteiger partial charge < -0.3 is 20.9 Å². The van der Waals surface area contributed by atoms with Crippen LogP contribution in [-0.2, 0) is 6.42 Å². The number of fused-ring (bicyclic) bond motifs is 1. The Hall–Kier alpha value is -3.91. The van der Waals surface area contributed by atoms with Gasteiger partial charge in [-0.25, -0.2) is 4.39 Å². The first-order valence-electron chi connectivity index (χ1n) is 11.3. The van der Waals surface area contributed by atoms with Crippen LogP contribution in [-0.4, -0.2) is 54.2 Å². The van der Waals surface area contributed by atoms with Gasteiger partial charge in [0, 0.05) is 42.9 Å². The van der Waals surface area contributed by atoms with Gasteiger partial charge in [0.2, 0.25) is 0 Å². The van der Waals surface area contributed by atoms with Crippen molar-refractivity contribution in [1.82, 2.24) is 15.1 Å². The molecule has 3 aromatic carbocycles. The quantitative estimate of drug-likeness (QED) is 0.395. The Morgan fingerprint density at radius 3 is 2.62 bits per heavy atom. The maximum Gasteiger partial charge on any atom is 0.258 e. The van der Waals surface area contributed by atoms with Gasteiger partial charge in [-0.05, 0) is 67.1 Å². The highest BCUT2D eigenvalue weighted by Crippen LogP contribution is 2.26. The number of benzene rings is 3. The molecule has 4 N–H and O–H groups in total. The topological polar surface area (TPSA) is 90.3 Å². The number of halogens is 1. The number of anilines is 3. The third-order valence-corrected chi connectivity index (χ3v) is 6.30. The number of rotatable bonds is 5. The van der Waals surface area contributed by atoms with Crippen LogP contribution in [0.15, 0.2) is 60.7 Å². The van der Waals surface area contributed by atoms with E-state index in [9.17, 15) is 9.18 Å². The van der Waals surface area contributed by atoms with Gasteiger partial charge in [-0.3, -0.25) is 9.89 Å². The molecule has 1 amide bonds. The molecule has 4 aromatic rings. The lowest BCUT2D eigenvalue weighted by Crippen LogP contribution is -2.44. The minimum absolute atomic E-state index is 0.258. The zero-order chi connectivity index (χ0) is 23.7. The van der Waals surface area contributed by atoms with E-state index >= 15 is 0 Å². The Bertz CT molecular complexity index is 1340. The third-order valence-electron chi connectivity index (χ3n) is 6.30. The second kappa shape index (κ2) is 9.15. The molecule has 2 heterocycles. The molecule has 174 valence electrons. The average Bonchev–Trinajstić information content (AvgIpc) is 3.21. The van der Waals surface area contributed by atoms with E-state index in [1.165, 1.54) is 12.1 Å². The van der Waals surface area contributed by atoms with Crippen molar-refractivity contribution in [2.75, 3.05) is 49.2 Å². The van der Waals surface area contributed by atoms with Crippen molar-refractivity contribution in [3.63, 3.8) is 0 Å². The maximum atomic E-state index is 13.5. The number of H-pyrrole nitrogens is 1. The lowest BCUT2D eigenvalue weighted by molar-refractivity contribution is 0.102. The molecule has 0 bridgehead atoms. The minimum atomic E-state index is -0.314. The summed E-state index contributed by atoms with van der Waals surface area (Å²) in [6.07, 6.45) is 0.576. The van der Waals surface area contributed by atoms with Gasteiger partial charge in [0.25, 0.3) is 5.91 Å². The molecular weight excluding hydrogens is 431 g/mol. The molecular formula is C26H27FN6O. The highest BCUT2D eigenvalue weighted by molar-refractivity contribution is 6.10. The Kier molecular flexibility index (Phi) is 5.90. The van der Waals surface area contributed by atoms with Crippen molar-refractivity contribution in [3.8, 4) is 0 Å². The molecule has 1 aliphatic rings. The van der Waals surface area contributed by atoms with Crippen molar-refractivity contribution >= 4 is 34.0 Å². The molecule has 0 atom stereocenters. The van der Waals surface area contributed by atoms with Crippen LogP contribution < -0.4 is 16.0 Å². The van der Waals surface area contributed by atoms with Gasteiger partial charge in [-0.15, -0.1) is 0 Å². The average molecular weight is 459 g/mol.